The molecule has 0 aromatic heterocycles. The fourth-order valence-corrected chi connectivity index (χ4v) is 5.12. The summed E-state index contributed by atoms with van der Waals surface area (Å²) < 4.78 is 35.2. The number of methoxy groups -OCH3 is 1. The lowest BCUT2D eigenvalue weighted by atomic mass is 10.2. The lowest BCUT2D eigenvalue weighted by Gasteiger charge is -2.12. The molecule has 0 N–H and O–H groups in total. The molecular weight excluding hydrogens is 498 g/mol. The van der Waals surface area contributed by atoms with Crippen LogP contribution in [-0.4, -0.2) is 31.6 Å². The summed E-state index contributed by atoms with van der Waals surface area (Å²) in [4.78, 5) is 26.5. The van der Waals surface area contributed by atoms with Crippen molar-refractivity contribution in [2.45, 2.75) is 11.4 Å². The van der Waals surface area contributed by atoms with Crippen LogP contribution in [0.5, 0.6) is 11.5 Å². The van der Waals surface area contributed by atoms with E-state index >= 15 is 0 Å². The number of hydrogen-bond acceptors (Lipinski definition) is 7. The summed E-state index contributed by atoms with van der Waals surface area (Å²) in [5.41, 5.74) is 1.36. The van der Waals surface area contributed by atoms with E-state index in [9.17, 15) is 18.0 Å². The number of rotatable bonds is 7. The van der Waals surface area contributed by atoms with Gasteiger partial charge in [0.1, 0.15) is 16.4 Å². The topological polar surface area (TPSA) is 90.0 Å². The van der Waals surface area contributed by atoms with Gasteiger partial charge >= 0.3 is 10.1 Å². The van der Waals surface area contributed by atoms with Gasteiger partial charge in [0.15, 0.2) is 0 Å². The van der Waals surface area contributed by atoms with Gasteiger partial charge in [-0.25, -0.2) is 0 Å². The molecule has 1 aliphatic heterocycles. The van der Waals surface area contributed by atoms with E-state index in [4.69, 9.17) is 20.5 Å². The van der Waals surface area contributed by atoms with Gasteiger partial charge in [0.2, 0.25) is 0 Å². The molecule has 3 aromatic carbocycles. The molecule has 1 heterocycles. The van der Waals surface area contributed by atoms with Crippen LogP contribution in [0.15, 0.2) is 82.6 Å². The van der Waals surface area contributed by atoms with Crippen LogP contribution in [0, 0.1) is 0 Å². The van der Waals surface area contributed by atoms with Gasteiger partial charge in [0.05, 0.1) is 18.6 Å². The number of thioether (sulfide) groups is 1. The Hall–Kier alpha value is -3.27. The van der Waals surface area contributed by atoms with Crippen LogP contribution >= 0.6 is 23.4 Å². The second-order valence-corrected chi connectivity index (χ2v) is 10.2. The molecule has 7 nitrogen and oxygen atoms in total. The minimum Gasteiger partial charge on any atom is -0.497 e. The van der Waals surface area contributed by atoms with Gasteiger partial charge in [-0.2, -0.15) is 8.42 Å². The zero-order valence-electron chi connectivity index (χ0n) is 17.8. The molecule has 174 valence electrons. The Kier molecular flexibility index (Phi) is 6.97. The van der Waals surface area contributed by atoms with Gasteiger partial charge in [-0.15, -0.1) is 0 Å². The lowest BCUT2D eigenvalue weighted by Crippen LogP contribution is -2.27. The van der Waals surface area contributed by atoms with E-state index < -0.39 is 16.0 Å². The average molecular weight is 516 g/mol. The van der Waals surface area contributed by atoms with Crippen LogP contribution in [0.4, 0.5) is 4.79 Å². The van der Waals surface area contributed by atoms with Crippen molar-refractivity contribution >= 4 is 50.7 Å². The van der Waals surface area contributed by atoms with Crippen molar-refractivity contribution in [3.05, 3.63) is 93.9 Å². The van der Waals surface area contributed by atoms with Crippen molar-refractivity contribution in [2.75, 3.05) is 7.11 Å². The molecule has 0 bridgehead atoms. The number of benzene rings is 3. The molecule has 0 spiro atoms. The minimum atomic E-state index is -4.02. The molecule has 0 aliphatic carbocycles. The maximum absolute atomic E-state index is 12.7. The van der Waals surface area contributed by atoms with Gasteiger partial charge in [-0.1, -0.05) is 35.9 Å². The van der Waals surface area contributed by atoms with Crippen molar-refractivity contribution in [2.24, 2.45) is 0 Å². The van der Waals surface area contributed by atoms with E-state index in [1.807, 2.05) is 0 Å². The lowest BCUT2D eigenvalue weighted by molar-refractivity contribution is -0.123. The van der Waals surface area contributed by atoms with E-state index in [1.54, 1.807) is 42.5 Å². The molecule has 34 heavy (non-hydrogen) atoms. The normalized spacial score (nSPS) is 15.1. The zero-order valence-corrected chi connectivity index (χ0v) is 20.2. The van der Waals surface area contributed by atoms with E-state index in [-0.39, 0.29) is 27.3 Å². The number of nitrogens with zero attached hydrogens (tertiary/aromatic N) is 1. The quantitative estimate of drug-likeness (QED) is 0.309. The van der Waals surface area contributed by atoms with E-state index in [0.29, 0.717) is 16.3 Å². The highest BCUT2D eigenvalue weighted by Crippen LogP contribution is 2.34. The molecule has 0 saturated carbocycles. The van der Waals surface area contributed by atoms with E-state index in [0.717, 1.165) is 22.2 Å². The molecule has 10 heteroatoms. The summed E-state index contributed by atoms with van der Waals surface area (Å²) in [5, 5.41) is 0.151. The number of carbonyl (C=O) groups is 2. The number of carbonyl (C=O) groups excluding carboxylic acids is 2. The van der Waals surface area contributed by atoms with Crippen molar-refractivity contribution in [3.63, 3.8) is 0 Å². The maximum atomic E-state index is 12.7. The van der Waals surface area contributed by atoms with E-state index in [1.165, 1.54) is 43.5 Å². The molecule has 4 rings (SSSR count). The van der Waals surface area contributed by atoms with Crippen LogP contribution < -0.4 is 8.92 Å². The third-order valence-corrected chi connectivity index (χ3v) is 7.24. The summed E-state index contributed by atoms with van der Waals surface area (Å²) in [6, 6.07) is 19.0. The number of hydrogen-bond donors (Lipinski definition) is 0. The SMILES string of the molecule is COc1ccc(S(=O)(=O)Oc2ccc(/C=C3\SC(=O)N(Cc4cccc(Cl)c4)C3=O)cc2)cc1. The first-order valence-corrected chi connectivity index (χ1v) is 12.5. The number of amides is 2. The summed E-state index contributed by atoms with van der Waals surface area (Å²) in [5.74, 6) is 0.236. The van der Waals surface area contributed by atoms with Gasteiger partial charge < -0.3 is 8.92 Å². The Morgan fingerprint density at radius 2 is 1.65 bits per heavy atom. The molecule has 0 atom stereocenters. The fourth-order valence-electron chi connectivity index (χ4n) is 3.14. The first kappa shape index (κ1) is 23.9. The van der Waals surface area contributed by atoms with Crippen LogP contribution in [0.2, 0.25) is 5.02 Å². The molecule has 1 fully saturated rings. The molecule has 1 aliphatic rings. The number of halogens is 1. The predicted octanol–water partition coefficient (Wildman–Crippen LogP) is 5.35. The smallest absolute Gasteiger partial charge is 0.339 e. The Morgan fingerprint density at radius 1 is 0.971 bits per heavy atom. The molecule has 1 saturated heterocycles. The molecule has 0 unspecified atom stereocenters. The third-order valence-electron chi connectivity index (χ3n) is 4.84. The van der Waals surface area contributed by atoms with Crippen LogP contribution in [0.25, 0.3) is 6.08 Å². The maximum Gasteiger partial charge on any atom is 0.339 e. The van der Waals surface area contributed by atoms with E-state index in [2.05, 4.69) is 0 Å². The molecule has 2 amide bonds. The second-order valence-electron chi connectivity index (χ2n) is 7.18. The Balaban J connectivity index is 1.45. The highest BCUT2D eigenvalue weighted by atomic mass is 35.5. The van der Waals surface area contributed by atoms with Crippen molar-refractivity contribution in [1.29, 1.82) is 0 Å². The van der Waals surface area contributed by atoms with Gasteiger partial charge in [-0.3, -0.25) is 14.5 Å². The zero-order chi connectivity index (χ0) is 24.3. The Labute approximate surface area is 206 Å². The standard InChI is InChI=1S/C24H18ClNO6S2/c1-31-19-9-11-21(12-10-19)34(29,30)32-20-7-5-16(6-8-20)14-22-23(27)26(24(28)33-22)15-17-3-2-4-18(25)13-17/h2-14H,15H2,1H3/b22-14-. The highest BCUT2D eigenvalue weighted by molar-refractivity contribution is 8.18. The summed E-state index contributed by atoms with van der Waals surface area (Å²) >= 11 is 6.82. The van der Waals surface area contributed by atoms with Gasteiger partial charge in [0.25, 0.3) is 11.1 Å². The molecule has 0 radical (unpaired) electrons. The van der Waals surface area contributed by atoms with Crippen molar-refractivity contribution in [3.8, 4) is 11.5 Å². The Morgan fingerprint density at radius 3 is 2.29 bits per heavy atom. The fraction of sp³-hybridized carbons (Fsp3) is 0.0833. The predicted molar refractivity (Wildman–Crippen MR) is 130 cm³/mol. The highest BCUT2D eigenvalue weighted by Gasteiger charge is 2.35. The Bertz CT molecular complexity index is 1370. The second kappa shape index (κ2) is 9.92. The monoisotopic (exact) mass is 515 g/mol. The van der Waals surface area contributed by atoms with Crippen molar-refractivity contribution in [1.82, 2.24) is 4.90 Å². The van der Waals surface area contributed by atoms with Crippen LogP contribution in [0.3, 0.4) is 0 Å². The summed E-state index contributed by atoms with van der Waals surface area (Å²) in [7, 11) is -2.53. The van der Waals surface area contributed by atoms with Crippen LogP contribution in [0.1, 0.15) is 11.1 Å². The minimum absolute atomic E-state index is 0.00856. The van der Waals surface area contributed by atoms with Gasteiger partial charge in [-0.05, 0) is 77.5 Å². The first-order chi connectivity index (χ1) is 16.2. The number of imide groups is 1. The summed E-state index contributed by atoms with van der Waals surface area (Å²) in [6.07, 6.45) is 1.57. The average Bonchev–Trinajstić information content (AvgIpc) is 3.07. The largest absolute Gasteiger partial charge is 0.497 e. The number of ether oxygens (including phenoxy) is 1. The van der Waals surface area contributed by atoms with Crippen molar-refractivity contribution < 1.29 is 26.9 Å². The van der Waals surface area contributed by atoms with Gasteiger partial charge in [0, 0.05) is 5.02 Å². The first-order valence-electron chi connectivity index (χ1n) is 9.93. The van der Waals surface area contributed by atoms with Crippen LogP contribution in [-0.2, 0) is 21.5 Å². The summed E-state index contributed by atoms with van der Waals surface area (Å²) in [6.45, 7) is 0.124. The molecule has 3 aromatic rings. The third kappa shape index (κ3) is 5.44. The molecular formula is C24H18ClNO6S2.